The van der Waals surface area contributed by atoms with Crippen molar-refractivity contribution in [3.05, 3.63) is 11.9 Å². The van der Waals surface area contributed by atoms with Crippen molar-refractivity contribution in [1.29, 1.82) is 0 Å². The summed E-state index contributed by atoms with van der Waals surface area (Å²) >= 11 is 0. The lowest BCUT2D eigenvalue weighted by Gasteiger charge is -2.00. The molecule has 4 N–H and O–H groups in total. The molecule has 0 radical (unpaired) electrons. The molecule has 0 spiro atoms. The van der Waals surface area contributed by atoms with E-state index in [1.165, 1.54) is 0 Å². The van der Waals surface area contributed by atoms with Gasteiger partial charge in [0.25, 0.3) is 0 Å². The number of hydrogen-bond acceptors (Lipinski definition) is 6. The first-order chi connectivity index (χ1) is 6.16. The number of aromatic nitrogens is 4. The predicted molar refractivity (Wildman–Crippen MR) is 59.0 cm³/mol. The van der Waals surface area contributed by atoms with Gasteiger partial charge in [-0.3, -0.25) is 0 Å². The van der Waals surface area contributed by atoms with E-state index in [0.29, 0.717) is 11.2 Å². The van der Waals surface area contributed by atoms with E-state index in [4.69, 9.17) is 11.5 Å². The van der Waals surface area contributed by atoms with Crippen LogP contribution in [0.1, 0.15) is 5.69 Å². The molecule has 2 aromatic heterocycles. The Kier molecular flexibility index (Phi) is 2.80. The third kappa shape index (κ3) is 1.72. The quantitative estimate of drug-likeness (QED) is 0.711. The van der Waals surface area contributed by atoms with Crippen molar-refractivity contribution in [3.63, 3.8) is 0 Å². The van der Waals surface area contributed by atoms with Gasteiger partial charge >= 0.3 is 0 Å². The standard InChI is InChI=1S/C7H8N6.BrH/c1-3-2-10-6-4(11-3)5(8)12-7(9)13-6;/h2H,1H3,(H4,8,9,10,12,13);1H. The summed E-state index contributed by atoms with van der Waals surface area (Å²) in [5, 5.41) is 0. The molecule has 0 aromatic carbocycles. The fraction of sp³-hybridized carbons (Fsp3) is 0.143. The Morgan fingerprint density at radius 1 is 1.14 bits per heavy atom. The van der Waals surface area contributed by atoms with Crippen LogP contribution in [-0.2, 0) is 0 Å². The van der Waals surface area contributed by atoms with Gasteiger partial charge in [-0.1, -0.05) is 0 Å². The topological polar surface area (TPSA) is 104 Å². The van der Waals surface area contributed by atoms with Gasteiger partial charge in [-0.15, -0.1) is 17.0 Å². The molecule has 0 unspecified atom stereocenters. The Hall–Kier alpha value is -1.50. The van der Waals surface area contributed by atoms with Gasteiger partial charge in [0.15, 0.2) is 17.0 Å². The molecule has 74 valence electrons. The van der Waals surface area contributed by atoms with Crippen molar-refractivity contribution in [1.82, 2.24) is 19.9 Å². The average molecular weight is 257 g/mol. The number of rotatable bonds is 0. The van der Waals surface area contributed by atoms with Crippen LogP contribution in [0.2, 0.25) is 0 Å². The zero-order valence-electron chi connectivity index (χ0n) is 7.43. The van der Waals surface area contributed by atoms with Crippen LogP contribution < -0.4 is 11.5 Å². The molecule has 0 fully saturated rings. The zero-order valence-corrected chi connectivity index (χ0v) is 9.14. The van der Waals surface area contributed by atoms with E-state index < -0.39 is 0 Å². The van der Waals surface area contributed by atoms with Gasteiger partial charge in [-0.05, 0) is 6.92 Å². The van der Waals surface area contributed by atoms with Gasteiger partial charge < -0.3 is 11.5 Å². The van der Waals surface area contributed by atoms with Crippen LogP contribution in [0.3, 0.4) is 0 Å². The molecule has 2 rings (SSSR count). The SMILES string of the molecule is Br.Cc1cnc2nc(N)nc(N)c2n1. The molecule has 0 aliphatic heterocycles. The normalized spacial score (nSPS) is 9.79. The van der Waals surface area contributed by atoms with E-state index in [0.717, 1.165) is 5.69 Å². The lowest BCUT2D eigenvalue weighted by atomic mass is 10.4. The van der Waals surface area contributed by atoms with Gasteiger partial charge in [0.05, 0.1) is 11.9 Å². The van der Waals surface area contributed by atoms with Crippen molar-refractivity contribution in [2.75, 3.05) is 11.5 Å². The molecule has 0 saturated carbocycles. The highest BCUT2D eigenvalue weighted by molar-refractivity contribution is 8.93. The average Bonchev–Trinajstić information content (AvgIpc) is 2.06. The second-order valence-corrected chi connectivity index (χ2v) is 2.65. The molecule has 0 bridgehead atoms. The summed E-state index contributed by atoms with van der Waals surface area (Å²) in [6.45, 7) is 1.82. The Morgan fingerprint density at radius 3 is 2.57 bits per heavy atom. The monoisotopic (exact) mass is 256 g/mol. The van der Waals surface area contributed by atoms with Gasteiger partial charge in [0, 0.05) is 0 Å². The minimum atomic E-state index is 0. The fourth-order valence-electron chi connectivity index (χ4n) is 1.03. The Morgan fingerprint density at radius 2 is 1.86 bits per heavy atom. The molecule has 14 heavy (non-hydrogen) atoms. The van der Waals surface area contributed by atoms with Gasteiger partial charge in [-0.25, -0.2) is 9.97 Å². The lowest BCUT2D eigenvalue weighted by Crippen LogP contribution is -2.03. The molecule has 2 heterocycles. The van der Waals surface area contributed by atoms with E-state index in [-0.39, 0.29) is 28.7 Å². The van der Waals surface area contributed by atoms with Crippen LogP contribution in [0.5, 0.6) is 0 Å². The summed E-state index contributed by atoms with van der Waals surface area (Å²) in [7, 11) is 0. The smallest absolute Gasteiger partial charge is 0.224 e. The van der Waals surface area contributed by atoms with E-state index in [1.807, 2.05) is 6.92 Å². The summed E-state index contributed by atoms with van der Waals surface area (Å²) in [6, 6.07) is 0. The molecule has 7 heteroatoms. The number of hydrogen-bond donors (Lipinski definition) is 2. The maximum atomic E-state index is 5.59. The molecule has 0 atom stereocenters. The maximum absolute atomic E-state index is 5.59. The summed E-state index contributed by atoms with van der Waals surface area (Å²) < 4.78 is 0. The number of nitrogen functional groups attached to an aromatic ring is 2. The minimum Gasteiger partial charge on any atom is -0.382 e. The number of fused-ring (bicyclic) bond motifs is 1. The molecule has 6 nitrogen and oxygen atoms in total. The van der Waals surface area contributed by atoms with Crippen LogP contribution in [0, 0.1) is 6.92 Å². The molecule has 2 aromatic rings. The third-order valence-corrected chi connectivity index (χ3v) is 1.57. The Bertz CT molecular complexity index is 471. The largest absolute Gasteiger partial charge is 0.382 e. The van der Waals surface area contributed by atoms with Gasteiger partial charge in [0.2, 0.25) is 5.95 Å². The number of nitrogens with two attached hydrogens (primary N) is 2. The minimum absolute atomic E-state index is 0. The maximum Gasteiger partial charge on any atom is 0.224 e. The first kappa shape index (κ1) is 10.6. The summed E-state index contributed by atoms with van der Waals surface area (Å²) in [5.41, 5.74) is 12.7. The van der Waals surface area contributed by atoms with Crippen molar-refractivity contribution < 1.29 is 0 Å². The van der Waals surface area contributed by atoms with Gasteiger partial charge in [0.1, 0.15) is 0 Å². The van der Waals surface area contributed by atoms with Crippen molar-refractivity contribution >= 4 is 39.9 Å². The molecule has 0 aliphatic carbocycles. The Balaban J connectivity index is 0.000000980. The van der Waals surface area contributed by atoms with Crippen LogP contribution in [0.25, 0.3) is 11.2 Å². The number of aryl methyl sites for hydroxylation is 1. The fourth-order valence-corrected chi connectivity index (χ4v) is 1.03. The highest BCUT2D eigenvalue weighted by Gasteiger charge is 2.05. The molecular weight excluding hydrogens is 248 g/mol. The summed E-state index contributed by atoms with van der Waals surface area (Å²) in [4.78, 5) is 15.9. The Labute approximate surface area is 90.5 Å². The molecular formula is C7H9BrN6. The van der Waals surface area contributed by atoms with Crippen LogP contribution >= 0.6 is 17.0 Å². The number of halogens is 1. The highest BCUT2D eigenvalue weighted by Crippen LogP contribution is 2.13. The molecule has 0 aliphatic rings. The number of nitrogens with zero attached hydrogens (tertiary/aromatic N) is 4. The van der Waals surface area contributed by atoms with E-state index in [1.54, 1.807) is 6.20 Å². The van der Waals surface area contributed by atoms with Crippen molar-refractivity contribution in [2.24, 2.45) is 0 Å². The second kappa shape index (κ2) is 3.70. The van der Waals surface area contributed by atoms with Crippen molar-refractivity contribution in [2.45, 2.75) is 6.92 Å². The van der Waals surface area contributed by atoms with Crippen LogP contribution in [0.4, 0.5) is 11.8 Å². The van der Waals surface area contributed by atoms with Crippen molar-refractivity contribution in [3.8, 4) is 0 Å². The third-order valence-electron chi connectivity index (χ3n) is 1.57. The zero-order chi connectivity index (χ0) is 9.42. The highest BCUT2D eigenvalue weighted by atomic mass is 79.9. The predicted octanol–water partition coefficient (Wildman–Crippen LogP) is 0.471. The van der Waals surface area contributed by atoms with E-state index in [9.17, 15) is 0 Å². The summed E-state index contributed by atoms with van der Waals surface area (Å²) in [6.07, 6.45) is 1.61. The first-order valence-corrected chi connectivity index (χ1v) is 3.69. The number of anilines is 2. The van der Waals surface area contributed by atoms with E-state index >= 15 is 0 Å². The molecule has 0 amide bonds. The van der Waals surface area contributed by atoms with Crippen LogP contribution in [-0.4, -0.2) is 19.9 Å². The second-order valence-electron chi connectivity index (χ2n) is 2.65. The van der Waals surface area contributed by atoms with E-state index in [2.05, 4.69) is 19.9 Å². The van der Waals surface area contributed by atoms with Crippen LogP contribution in [0.15, 0.2) is 6.20 Å². The first-order valence-electron chi connectivity index (χ1n) is 3.69. The lowest BCUT2D eigenvalue weighted by molar-refractivity contribution is 1.12. The summed E-state index contributed by atoms with van der Waals surface area (Å²) in [5.74, 6) is 0.377. The van der Waals surface area contributed by atoms with Gasteiger partial charge in [-0.2, -0.15) is 9.97 Å². The molecule has 0 saturated heterocycles.